The van der Waals surface area contributed by atoms with Crippen molar-refractivity contribution >= 4 is 15.9 Å². The average molecular weight is 365 g/mol. The van der Waals surface area contributed by atoms with Crippen molar-refractivity contribution in [3.8, 4) is 0 Å². The first-order valence-electron chi connectivity index (χ1n) is 8.97. The minimum absolute atomic E-state index is 0.0525. The summed E-state index contributed by atoms with van der Waals surface area (Å²) in [5.74, 6) is 0.536. The van der Waals surface area contributed by atoms with Gasteiger partial charge in [0.1, 0.15) is 0 Å². The Morgan fingerprint density at radius 1 is 1.20 bits per heavy atom. The van der Waals surface area contributed by atoms with E-state index in [1.54, 1.807) is 12.1 Å². The van der Waals surface area contributed by atoms with Gasteiger partial charge in [0.05, 0.1) is 4.90 Å². The number of carbonyl (C=O) groups excluding carboxylic acids is 1. The van der Waals surface area contributed by atoms with Gasteiger partial charge in [0, 0.05) is 24.7 Å². The number of amides is 1. The Morgan fingerprint density at radius 3 is 2.48 bits per heavy atom. The average Bonchev–Trinajstić information content (AvgIpc) is 3.39. The van der Waals surface area contributed by atoms with Crippen LogP contribution in [0.1, 0.15) is 41.6 Å². The predicted molar refractivity (Wildman–Crippen MR) is 97.1 cm³/mol. The molecule has 0 radical (unpaired) electrons. The molecule has 1 amide bonds. The van der Waals surface area contributed by atoms with E-state index in [4.69, 9.17) is 0 Å². The van der Waals surface area contributed by atoms with E-state index >= 15 is 0 Å². The SMILES string of the molecule is CNCC1CCN(C(=O)c2cc(S(=O)(=O)NC3CC3)ccc2C)CC1. The summed E-state index contributed by atoms with van der Waals surface area (Å²) in [5, 5.41) is 3.19. The molecule has 0 bridgehead atoms. The molecule has 138 valence electrons. The fourth-order valence-electron chi connectivity index (χ4n) is 3.29. The van der Waals surface area contributed by atoms with Crippen LogP contribution >= 0.6 is 0 Å². The van der Waals surface area contributed by atoms with Crippen LogP contribution in [0.5, 0.6) is 0 Å². The standard InChI is InChI=1S/C18H27N3O3S/c1-13-3-6-16(25(23,24)20-15-4-5-15)11-17(13)18(22)21-9-7-14(8-10-21)12-19-2/h3,6,11,14-15,19-20H,4-5,7-10,12H2,1-2H3. The maximum absolute atomic E-state index is 12.9. The zero-order valence-corrected chi connectivity index (χ0v) is 15.7. The molecular formula is C18H27N3O3S. The zero-order chi connectivity index (χ0) is 18.0. The van der Waals surface area contributed by atoms with E-state index in [0.717, 1.165) is 50.9 Å². The molecule has 1 heterocycles. The van der Waals surface area contributed by atoms with Gasteiger partial charge in [0.2, 0.25) is 10.0 Å². The maximum atomic E-state index is 12.9. The second kappa shape index (κ2) is 7.43. The molecule has 7 heteroatoms. The number of sulfonamides is 1. The molecular weight excluding hydrogens is 338 g/mol. The number of rotatable bonds is 6. The molecule has 2 N–H and O–H groups in total. The normalized spacial score (nSPS) is 19.2. The highest BCUT2D eigenvalue weighted by Crippen LogP contribution is 2.25. The number of likely N-dealkylation sites (tertiary alicyclic amines) is 1. The molecule has 6 nitrogen and oxygen atoms in total. The van der Waals surface area contributed by atoms with E-state index < -0.39 is 10.0 Å². The van der Waals surface area contributed by atoms with E-state index in [-0.39, 0.29) is 16.8 Å². The summed E-state index contributed by atoms with van der Waals surface area (Å²) in [5.41, 5.74) is 1.30. The number of hydrogen-bond donors (Lipinski definition) is 2. The minimum Gasteiger partial charge on any atom is -0.339 e. The zero-order valence-electron chi connectivity index (χ0n) is 14.9. The third-order valence-electron chi connectivity index (χ3n) is 5.04. The molecule has 0 aromatic heterocycles. The Bertz CT molecular complexity index is 736. The highest BCUT2D eigenvalue weighted by atomic mass is 32.2. The number of aryl methyl sites for hydroxylation is 1. The van der Waals surface area contributed by atoms with Crippen LogP contribution in [0.25, 0.3) is 0 Å². The molecule has 1 saturated carbocycles. The maximum Gasteiger partial charge on any atom is 0.254 e. The van der Waals surface area contributed by atoms with Crippen LogP contribution < -0.4 is 10.0 Å². The lowest BCUT2D eigenvalue weighted by atomic mass is 9.96. The van der Waals surface area contributed by atoms with Gasteiger partial charge in [-0.25, -0.2) is 13.1 Å². The first-order valence-corrected chi connectivity index (χ1v) is 10.5. The molecule has 0 unspecified atom stereocenters. The third-order valence-corrected chi connectivity index (χ3v) is 6.56. The molecule has 2 fully saturated rings. The van der Waals surface area contributed by atoms with Gasteiger partial charge in [0.15, 0.2) is 0 Å². The van der Waals surface area contributed by atoms with Crippen molar-refractivity contribution in [3.05, 3.63) is 29.3 Å². The molecule has 1 aromatic carbocycles. The van der Waals surface area contributed by atoms with Crippen LogP contribution in [0.3, 0.4) is 0 Å². The van der Waals surface area contributed by atoms with Crippen molar-refractivity contribution < 1.29 is 13.2 Å². The van der Waals surface area contributed by atoms with Crippen LogP contribution in [-0.4, -0.2) is 51.9 Å². The molecule has 0 atom stereocenters. The summed E-state index contributed by atoms with van der Waals surface area (Å²) >= 11 is 0. The van der Waals surface area contributed by atoms with Gasteiger partial charge in [-0.3, -0.25) is 4.79 Å². The van der Waals surface area contributed by atoms with Crippen molar-refractivity contribution in [2.75, 3.05) is 26.7 Å². The second-order valence-corrected chi connectivity index (χ2v) is 8.88. The van der Waals surface area contributed by atoms with E-state index in [2.05, 4.69) is 10.0 Å². The molecule has 1 aliphatic carbocycles. The van der Waals surface area contributed by atoms with Crippen LogP contribution in [-0.2, 0) is 10.0 Å². The molecule has 1 saturated heterocycles. The van der Waals surface area contributed by atoms with Gasteiger partial charge < -0.3 is 10.2 Å². The summed E-state index contributed by atoms with van der Waals surface area (Å²) in [6.07, 6.45) is 3.73. The molecule has 1 aromatic rings. The summed E-state index contributed by atoms with van der Waals surface area (Å²) in [4.78, 5) is 14.9. The van der Waals surface area contributed by atoms with Crippen LogP contribution in [0.4, 0.5) is 0 Å². The second-order valence-electron chi connectivity index (χ2n) is 7.17. The Hall–Kier alpha value is -1.44. The largest absolute Gasteiger partial charge is 0.339 e. The Labute approximate surface area is 150 Å². The van der Waals surface area contributed by atoms with Crippen LogP contribution in [0, 0.1) is 12.8 Å². The van der Waals surface area contributed by atoms with Gasteiger partial charge in [-0.05, 0) is 69.8 Å². The monoisotopic (exact) mass is 365 g/mol. The lowest BCUT2D eigenvalue weighted by Gasteiger charge is -2.32. The number of piperidine rings is 1. The smallest absolute Gasteiger partial charge is 0.254 e. The highest BCUT2D eigenvalue weighted by molar-refractivity contribution is 7.89. The first kappa shape index (κ1) is 18.4. The van der Waals surface area contributed by atoms with Gasteiger partial charge in [-0.2, -0.15) is 0 Å². The van der Waals surface area contributed by atoms with Gasteiger partial charge >= 0.3 is 0 Å². The Kier molecular flexibility index (Phi) is 5.46. The van der Waals surface area contributed by atoms with Crippen LogP contribution in [0.15, 0.2) is 23.1 Å². The molecule has 1 aliphatic heterocycles. The quantitative estimate of drug-likeness (QED) is 0.801. The fourth-order valence-corrected chi connectivity index (χ4v) is 4.62. The van der Waals surface area contributed by atoms with E-state index in [1.807, 2.05) is 18.9 Å². The summed E-state index contributed by atoms with van der Waals surface area (Å²) < 4.78 is 27.5. The van der Waals surface area contributed by atoms with E-state index in [1.165, 1.54) is 6.07 Å². The lowest BCUT2D eigenvalue weighted by Crippen LogP contribution is -2.40. The van der Waals surface area contributed by atoms with Crippen LogP contribution in [0.2, 0.25) is 0 Å². The van der Waals surface area contributed by atoms with Crippen molar-refractivity contribution in [3.63, 3.8) is 0 Å². The number of hydrogen-bond acceptors (Lipinski definition) is 4. The lowest BCUT2D eigenvalue weighted by molar-refractivity contribution is 0.0690. The molecule has 3 rings (SSSR count). The highest BCUT2D eigenvalue weighted by Gasteiger charge is 2.29. The van der Waals surface area contributed by atoms with Crippen molar-refractivity contribution in [2.24, 2.45) is 5.92 Å². The van der Waals surface area contributed by atoms with Gasteiger partial charge in [0.25, 0.3) is 5.91 Å². The summed E-state index contributed by atoms with van der Waals surface area (Å²) in [6.45, 7) is 4.27. The topological polar surface area (TPSA) is 78.5 Å². The Balaban J connectivity index is 1.75. The van der Waals surface area contributed by atoms with E-state index in [0.29, 0.717) is 11.5 Å². The Morgan fingerprint density at radius 2 is 1.88 bits per heavy atom. The van der Waals surface area contributed by atoms with E-state index in [9.17, 15) is 13.2 Å². The molecule has 0 spiro atoms. The number of carbonyl (C=O) groups is 1. The van der Waals surface area contributed by atoms with Gasteiger partial charge in [-0.1, -0.05) is 6.07 Å². The number of benzene rings is 1. The van der Waals surface area contributed by atoms with Crippen molar-refractivity contribution in [1.29, 1.82) is 0 Å². The minimum atomic E-state index is -3.55. The molecule has 2 aliphatic rings. The number of nitrogens with zero attached hydrogens (tertiary/aromatic N) is 1. The predicted octanol–water partition coefficient (Wildman–Crippen LogP) is 1.51. The summed E-state index contributed by atoms with van der Waals surface area (Å²) in [6, 6.07) is 4.89. The molecule has 25 heavy (non-hydrogen) atoms. The van der Waals surface area contributed by atoms with Crippen molar-refractivity contribution in [2.45, 2.75) is 43.5 Å². The first-order chi connectivity index (χ1) is 11.9. The summed E-state index contributed by atoms with van der Waals surface area (Å²) in [7, 11) is -1.60. The number of nitrogens with one attached hydrogen (secondary N) is 2. The van der Waals surface area contributed by atoms with Gasteiger partial charge in [-0.15, -0.1) is 0 Å². The third kappa shape index (κ3) is 4.40. The van der Waals surface area contributed by atoms with Crippen molar-refractivity contribution in [1.82, 2.24) is 14.9 Å². The fraction of sp³-hybridized carbons (Fsp3) is 0.611.